The van der Waals surface area contributed by atoms with Crippen LogP contribution in [0, 0.1) is 5.92 Å². The van der Waals surface area contributed by atoms with Crippen molar-refractivity contribution < 1.29 is 9.53 Å². The van der Waals surface area contributed by atoms with Crippen molar-refractivity contribution in [3.05, 3.63) is 35.4 Å². The number of carbonyl (C=O) groups is 1. The Balaban J connectivity index is 1.53. The number of rotatable bonds is 6. The van der Waals surface area contributed by atoms with E-state index in [1.165, 1.54) is 43.5 Å². The van der Waals surface area contributed by atoms with Crippen LogP contribution in [0.2, 0.25) is 0 Å². The molecule has 0 saturated carbocycles. The number of piperidine rings is 2. The van der Waals surface area contributed by atoms with Crippen molar-refractivity contribution in [1.29, 1.82) is 0 Å². The quantitative estimate of drug-likeness (QED) is 0.452. The lowest BCUT2D eigenvalue weighted by Crippen LogP contribution is -2.46. The minimum atomic E-state index is -0.0539. The van der Waals surface area contributed by atoms with E-state index in [1.54, 1.807) is 0 Å². The lowest BCUT2D eigenvalue weighted by molar-refractivity contribution is -0.149. The number of esters is 1. The molecule has 0 amide bonds. The van der Waals surface area contributed by atoms with Gasteiger partial charge in [0.05, 0.1) is 12.5 Å². The highest BCUT2D eigenvalue weighted by Gasteiger charge is 2.27. The van der Waals surface area contributed by atoms with Gasteiger partial charge in [0.25, 0.3) is 0 Å². The molecule has 160 valence electrons. The molecule has 1 aromatic carbocycles. The summed E-state index contributed by atoms with van der Waals surface area (Å²) in [5, 5.41) is 3.54. The zero-order valence-corrected chi connectivity index (χ0v) is 18.0. The van der Waals surface area contributed by atoms with Crippen LogP contribution in [0.15, 0.2) is 29.3 Å². The Labute approximate surface area is 175 Å². The first-order valence-electron chi connectivity index (χ1n) is 11.1. The summed E-state index contributed by atoms with van der Waals surface area (Å²) in [4.78, 5) is 21.3. The molecule has 0 atom stereocenters. The lowest BCUT2D eigenvalue weighted by Gasteiger charge is -2.33. The van der Waals surface area contributed by atoms with Gasteiger partial charge < -0.3 is 15.0 Å². The predicted molar refractivity (Wildman–Crippen MR) is 117 cm³/mol. The average molecular weight is 401 g/mol. The molecule has 29 heavy (non-hydrogen) atoms. The minimum Gasteiger partial charge on any atom is -0.466 e. The van der Waals surface area contributed by atoms with Crippen molar-refractivity contribution in [2.45, 2.75) is 52.1 Å². The smallest absolute Gasteiger partial charge is 0.309 e. The molecule has 2 aliphatic heterocycles. The van der Waals surface area contributed by atoms with Crippen LogP contribution in [0.4, 0.5) is 0 Å². The van der Waals surface area contributed by atoms with E-state index in [2.05, 4.69) is 44.4 Å². The summed E-state index contributed by atoms with van der Waals surface area (Å²) in [6.07, 6.45) is 5.64. The Morgan fingerprint density at radius 3 is 2.45 bits per heavy atom. The molecule has 0 unspecified atom stereocenters. The molecular weight excluding hydrogens is 364 g/mol. The second-order valence-corrected chi connectivity index (χ2v) is 8.02. The Bertz CT molecular complexity index is 677. The van der Waals surface area contributed by atoms with Crippen LogP contribution >= 0.6 is 0 Å². The van der Waals surface area contributed by atoms with Crippen molar-refractivity contribution in [3.63, 3.8) is 0 Å². The number of aliphatic imine (C=N–C) groups is 1. The van der Waals surface area contributed by atoms with Gasteiger partial charge in [-0.05, 0) is 56.8 Å². The molecule has 1 aromatic rings. The molecule has 2 heterocycles. The van der Waals surface area contributed by atoms with Gasteiger partial charge in [-0.2, -0.15) is 0 Å². The summed E-state index contributed by atoms with van der Waals surface area (Å²) in [6, 6.07) is 8.72. The molecule has 0 aromatic heterocycles. The van der Waals surface area contributed by atoms with E-state index < -0.39 is 0 Å². The van der Waals surface area contributed by atoms with Crippen molar-refractivity contribution in [2.24, 2.45) is 10.9 Å². The molecule has 6 heteroatoms. The molecule has 2 aliphatic rings. The van der Waals surface area contributed by atoms with Gasteiger partial charge in [0, 0.05) is 33.2 Å². The predicted octanol–water partition coefficient (Wildman–Crippen LogP) is 3.02. The van der Waals surface area contributed by atoms with Crippen LogP contribution in [-0.2, 0) is 22.6 Å². The number of nitrogens with one attached hydrogen (secondary N) is 1. The third kappa shape index (κ3) is 6.20. The molecule has 0 aliphatic carbocycles. The zero-order valence-electron chi connectivity index (χ0n) is 18.0. The number of nitrogens with zero attached hydrogens (tertiary/aromatic N) is 3. The molecule has 2 saturated heterocycles. The van der Waals surface area contributed by atoms with Crippen LogP contribution in [0.25, 0.3) is 0 Å². The van der Waals surface area contributed by atoms with Gasteiger partial charge in [0.2, 0.25) is 0 Å². The number of ether oxygens (including phenoxy) is 1. The highest BCUT2D eigenvalue weighted by Crippen LogP contribution is 2.19. The fourth-order valence-corrected chi connectivity index (χ4v) is 4.34. The third-order valence-electron chi connectivity index (χ3n) is 6.02. The monoisotopic (exact) mass is 400 g/mol. The van der Waals surface area contributed by atoms with Gasteiger partial charge in [-0.1, -0.05) is 30.7 Å². The van der Waals surface area contributed by atoms with Crippen LogP contribution < -0.4 is 5.32 Å². The standard InChI is InChI=1S/C23H36N4O2/c1-3-29-22(28)19-11-15-27(16-12-19)23(24-2)25-17-20-9-5-6-10-21(20)18-26-13-7-4-8-14-26/h5-6,9-10,19H,3-4,7-8,11-18H2,1-2H3,(H,24,25). The maximum Gasteiger partial charge on any atom is 0.309 e. The van der Waals surface area contributed by atoms with E-state index in [0.29, 0.717) is 6.61 Å². The molecule has 2 fully saturated rings. The Morgan fingerprint density at radius 1 is 1.10 bits per heavy atom. The lowest BCUT2D eigenvalue weighted by atomic mass is 9.97. The van der Waals surface area contributed by atoms with Crippen molar-refractivity contribution in [2.75, 3.05) is 39.8 Å². The van der Waals surface area contributed by atoms with Gasteiger partial charge >= 0.3 is 5.97 Å². The first kappa shape index (κ1) is 21.6. The van der Waals surface area contributed by atoms with Gasteiger partial charge in [-0.15, -0.1) is 0 Å². The third-order valence-corrected chi connectivity index (χ3v) is 6.02. The highest BCUT2D eigenvalue weighted by atomic mass is 16.5. The van der Waals surface area contributed by atoms with E-state index in [1.807, 2.05) is 14.0 Å². The number of hydrogen-bond acceptors (Lipinski definition) is 4. The molecule has 0 spiro atoms. The van der Waals surface area contributed by atoms with E-state index in [9.17, 15) is 4.79 Å². The van der Waals surface area contributed by atoms with Gasteiger partial charge in [-0.3, -0.25) is 14.7 Å². The van der Waals surface area contributed by atoms with Crippen LogP contribution in [0.3, 0.4) is 0 Å². The highest BCUT2D eigenvalue weighted by molar-refractivity contribution is 5.80. The zero-order chi connectivity index (χ0) is 20.5. The largest absolute Gasteiger partial charge is 0.466 e. The second kappa shape index (κ2) is 11.2. The topological polar surface area (TPSA) is 57.2 Å². The van der Waals surface area contributed by atoms with Crippen molar-refractivity contribution in [3.8, 4) is 0 Å². The van der Waals surface area contributed by atoms with Crippen LogP contribution in [-0.4, -0.2) is 61.6 Å². The van der Waals surface area contributed by atoms with Crippen molar-refractivity contribution in [1.82, 2.24) is 15.1 Å². The fraction of sp³-hybridized carbons (Fsp3) is 0.652. The summed E-state index contributed by atoms with van der Waals surface area (Å²) in [6.45, 7) is 8.20. The first-order valence-corrected chi connectivity index (χ1v) is 11.1. The van der Waals surface area contributed by atoms with E-state index in [4.69, 9.17) is 4.74 Å². The minimum absolute atomic E-state index is 0.0228. The number of carbonyl (C=O) groups excluding carboxylic acids is 1. The maximum absolute atomic E-state index is 12.0. The first-order chi connectivity index (χ1) is 14.2. The number of hydrogen-bond donors (Lipinski definition) is 1. The normalized spacial score (nSPS) is 19.2. The van der Waals surface area contributed by atoms with E-state index in [0.717, 1.165) is 45.0 Å². The molecule has 0 radical (unpaired) electrons. The number of likely N-dealkylation sites (tertiary alicyclic amines) is 2. The second-order valence-electron chi connectivity index (χ2n) is 8.02. The van der Waals surface area contributed by atoms with Crippen molar-refractivity contribution >= 4 is 11.9 Å². The number of guanidine groups is 1. The molecule has 6 nitrogen and oxygen atoms in total. The summed E-state index contributed by atoms with van der Waals surface area (Å²) in [5.41, 5.74) is 2.74. The Kier molecular flexibility index (Phi) is 8.35. The Morgan fingerprint density at radius 2 is 1.79 bits per heavy atom. The number of benzene rings is 1. The molecular formula is C23H36N4O2. The SMILES string of the molecule is CCOC(=O)C1CCN(C(=NC)NCc2ccccc2CN2CCCCC2)CC1. The molecule has 0 bridgehead atoms. The summed E-state index contributed by atoms with van der Waals surface area (Å²) >= 11 is 0. The summed E-state index contributed by atoms with van der Waals surface area (Å²) in [7, 11) is 1.83. The molecule has 1 N–H and O–H groups in total. The Hall–Kier alpha value is -2.08. The summed E-state index contributed by atoms with van der Waals surface area (Å²) in [5.74, 6) is 0.886. The average Bonchev–Trinajstić information content (AvgIpc) is 2.76. The maximum atomic E-state index is 12.0. The fourth-order valence-electron chi connectivity index (χ4n) is 4.34. The van der Waals surface area contributed by atoms with Crippen LogP contribution in [0.5, 0.6) is 0 Å². The van der Waals surface area contributed by atoms with Gasteiger partial charge in [0.15, 0.2) is 5.96 Å². The van der Waals surface area contributed by atoms with E-state index >= 15 is 0 Å². The summed E-state index contributed by atoms with van der Waals surface area (Å²) < 4.78 is 5.18. The molecule has 3 rings (SSSR count). The van der Waals surface area contributed by atoms with Crippen LogP contribution in [0.1, 0.15) is 50.2 Å². The van der Waals surface area contributed by atoms with Gasteiger partial charge in [-0.25, -0.2) is 0 Å². The van der Waals surface area contributed by atoms with Gasteiger partial charge in [0.1, 0.15) is 0 Å². The van der Waals surface area contributed by atoms with E-state index in [-0.39, 0.29) is 11.9 Å².